The summed E-state index contributed by atoms with van der Waals surface area (Å²) in [5, 5.41) is 20.2. The summed E-state index contributed by atoms with van der Waals surface area (Å²) in [5.41, 5.74) is 19.7. The van der Waals surface area contributed by atoms with Crippen LogP contribution in [0.25, 0.3) is 11.2 Å². The lowest BCUT2D eigenvalue weighted by molar-refractivity contribution is -0.140. The molecule has 0 unspecified atom stereocenters. The Labute approximate surface area is 228 Å². The second-order valence-electron chi connectivity index (χ2n) is 8.48. The standard InChI is InChI=1S/C20H22N8O5.C5H6N2/c1-28(9-11-8-23-17-15(24-11)16(21)26-20(22)27-17)12-4-2-10(3-5-12)18(31)25-13(19(32)33)6-7-14(29)30;6-5-1-3-7-4-2-5/h2-5,8,13H,6-7,9H2,1H3,(H,25,31)(H,29,30)(H,32,33)(H4,21,22,23,26,27);1-4H,(H2,6,7)/t13-;/m0./s1. The number of nitrogens with one attached hydrogen (secondary N) is 1. The number of carbonyl (C=O) groups is 3. The molecule has 0 bridgehead atoms. The van der Waals surface area contributed by atoms with E-state index in [1.54, 1.807) is 42.9 Å². The third-order valence-electron chi connectivity index (χ3n) is 5.43. The van der Waals surface area contributed by atoms with Crippen molar-refractivity contribution in [1.29, 1.82) is 0 Å². The molecule has 0 saturated carbocycles. The van der Waals surface area contributed by atoms with Gasteiger partial charge in [-0.1, -0.05) is 0 Å². The van der Waals surface area contributed by atoms with Crippen molar-refractivity contribution < 1.29 is 24.6 Å². The summed E-state index contributed by atoms with van der Waals surface area (Å²) in [6, 6.07) is 8.66. The first kappa shape index (κ1) is 29.0. The van der Waals surface area contributed by atoms with Gasteiger partial charge in [-0.15, -0.1) is 0 Å². The summed E-state index contributed by atoms with van der Waals surface area (Å²) in [6.07, 6.45) is 4.29. The number of nitrogens with zero attached hydrogens (tertiary/aromatic N) is 6. The molecule has 0 fully saturated rings. The summed E-state index contributed by atoms with van der Waals surface area (Å²) in [5.74, 6) is -2.91. The van der Waals surface area contributed by atoms with Gasteiger partial charge >= 0.3 is 11.9 Å². The number of carbonyl (C=O) groups excluding carboxylic acids is 1. The Balaban J connectivity index is 0.000000547. The number of hydrogen-bond donors (Lipinski definition) is 6. The van der Waals surface area contributed by atoms with E-state index in [0.29, 0.717) is 23.4 Å². The predicted molar refractivity (Wildman–Crippen MR) is 147 cm³/mol. The maximum absolute atomic E-state index is 12.4. The van der Waals surface area contributed by atoms with Crippen LogP contribution in [-0.4, -0.2) is 66.1 Å². The summed E-state index contributed by atoms with van der Waals surface area (Å²) in [7, 11) is 1.82. The highest BCUT2D eigenvalue weighted by molar-refractivity contribution is 5.97. The molecule has 4 rings (SSSR count). The Morgan fingerprint density at radius 3 is 2.23 bits per heavy atom. The third-order valence-corrected chi connectivity index (χ3v) is 5.43. The van der Waals surface area contributed by atoms with Crippen LogP contribution in [0.1, 0.15) is 28.9 Å². The summed E-state index contributed by atoms with van der Waals surface area (Å²) in [4.78, 5) is 56.5. The monoisotopic (exact) mass is 548 g/mol. The summed E-state index contributed by atoms with van der Waals surface area (Å²) >= 11 is 0. The molecule has 0 aliphatic rings. The molecular formula is C25H28N10O5. The van der Waals surface area contributed by atoms with E-state index in [9.17, 15) is 19.5 Å². The average Bonchev–Trinajstić information content (AvgIpc) is 2.91. The number of nitrogen functional groups attached to an aromatic ring is 3. The van der Waals surface area contributed by atoms with Gasteiger partial charge in [0.05, 0.1) is 18.4 Å². The molecule has 9 N–H and O–H groups in total. The maximum Gasteiger partial charge on any atom is 0.326 e. The van der Waals surface area contributed by atoms with E-state index in [2.05, 4.69) is 30.2 Å². The number of carboxylic acid groups (broad SMARTS) is 2. The van der Waals surface area contributed by atoms with E-state index in [0.717, 1.165) is 11.4 Å². The van der Waals surface area contributed by atoms with Crippen LogP contribution in [0.3, 0.4) is 0 Å². The highest BCUT2D eigenvalue weighted by atomic mass is 16.4. The first-order chi connectivity index (χ1) is 19.0. The number of aliphatic carboxylic acids is 2. The number of fused-ring (bicyclic) bond motifs is 1. The predicted octanol–water partition coefficient (Wildman–Crippen LogP) is 0.932. The zero-order valence-corrected chi connectivity index (χ0v) is 21.4. The van der Waals surface area contributed by atoms with Crippen molar-refractivity contribution in [3.8, 4) is 0 Å². The average molecular weight is 549 g/mol. The minimum Gasteiger partial charge on any atom is -0.481 e. The molecule has 4 aromatic rings. The first-order valence-electron chi connectivity index (χ1n) is 11.8. The van der Waals surface area contributed by atoms with Crippen LogP contribution in [0, 0.1) is 0 Å². The molecule has 3 heterocycles. The lowest BCUT2D eigenvalue weighted by atomic mass is 10.1. The maximum atomic E-state index is 12.4. The van der Waals surface area contributed by atoms with E-state index in [4.69, 9.17) is 22.3 Å². The normalized spacial score (nSPS) is 11.1. The number of anilines is 4. The Kier molecular flexibility index (Phi) is 9.61. The molecule has 1 atom stereocenters. The number of nitrogens with two attached hydrogens (primary N) is 3. The van der Waals surface area contributed by atoms with Gasteiger partial charge in [-0.05, 0) is 42.8 Å². The summed E-state index contributed by atoms with van der Waals surface area (Å²) in [6.45, 7) is 0.370. The van der Waals surface area contributed by atoms with Gasteiger partial charge in [0.1, 0.15) is 6.04 Å². The number of rotatable bonds is 9. The third kappa shape index (κ3) is 8.20. The van der Waals surface area contributed by atoms with Gasteiger partial charge in [-0.25, -0.2) is 14.8 Å². The number of pyridine rings is 1. The van der Waals surface area contributed by atoms with Gasteiger partial charge in [-0.3, -0.25) is 14.6 Å². The van der Waals surface area contributed by atoms with Crippen LogP contribution >= 0.6 is 0 Å². The molecule has 208 valence electrons. The van der Waals surface area contributed by atoms with Crippen LogP contribution in [0.5, 0.6) is 0 Å². The number of hydrogen-bond acceptors (Lipinski definition) is 12. The molecule has 0 aliphatic carbocycles. The van der Waals surface area contributed by atoms with Crippen molar-refractivity contribution in [3.05, 3.63) is 66.2 Å². The van der Waals surface area contributed by atoms with Crippen LogP contribution in [0.15, 0.2) is 55.0 Å². The molecule has 3 aromatic heterocycles. The molecule has 15 heteroatoms. The fraction of sp³-hybridized carbons (Fsp3) is 0.200. The fourth-order valence-corrected chi connectivity index (χ4v) is 3.39. The molecule has 0 radical (unpaired) electrons. The van der Waals surface area contributed by atoms with Gasteiger partial charge in [0.25, 0.3) is 5.91 Å². The Bertz CT molecular complexity index is 1490. The molecule has 0 spiro atoms. The zero-order chi connectivity index (χ0) is 29.2. The van der Waals surface area contributed by atoms with E-state index < -0.39 is 23.9 Å². The summed E-state index contributed by atoms with van der Waals surface area (Å²) < 4.78 is 0. The lowest BCUT2D eigenvalue weighted by Crippen LogP contribution is -2.41. The van der Waals surface area contributed by atoms with Crippen molar-refractivity contribution in [2.24, 2.45) is 0 Å². The van der Waals surface area contributed by atoms with Crippen molar-refractivity contribution in [2.75, 3.05) is 29.1 Å². The van der Waals surface area contributed by atoms with E-state index in [1.165, 1.54) is 12.1 Å². The molecule has 1 amide bonds. The fourth-order valence-electron chi connectivity index (χ4n) is 3.39. The molecule has 40 heavy (non-hydrogen) atoms. The van der Waals surface area contributed by atoms with E-state index in [1.807, 2.05) is 11.9 Å². The number of aromatic nitrogens is 5. The highest BCUT2D eigenvalue weighted by Crippen LogP contribution is 2.19. The van der Waals surface area contributed by atoms with Gasteiger partial charge in [-0.2, -0.15) is 9.97 Å². The van der Waals surface area contributed by atoms with Crippen LogP contribution < -0.4 is 27.4 Å². The molecular weight excluding hydrogens is 520 g/mol. The first-order valence-corrected chi connectivity index (χ1v) is 11.8. The minimum absolute atomic E-state index is 0.0138. The van der Waals surface area contributed by atoms with Gasteiger partial charge in [0, 0.05) is 42.8 Å². The van der Waals surface area contributed by atoms with Crippen LogP contribution in [0.4, 0.5) is 23.1 Å². The Morgan fingerprint density at radius 2 is 1.65 bits per heavy atom. The second kappa shape index (κ2) is 13.3. The van der Waals surface area contributed by atoms with Crippen molar-refractivity contribution in [3.63, 3.8) is 0 Å². The lowest BCUT2D eigenvalue weighted by Gasteiger charge is -2.19. The van der Waals surface area contributed by atoms with Gasteiger partial charge < -0.3 is 37.6 Å². The van der Waals surface area contributed by atoms with Crippen LogP contribution in [0.2, 0.25) is 0 Å². The number of amides is 1. The van der Waals surface area contributed by atoms with Crippen molar-refractivity contribution >= 4 is 52.2 Å². The van der Waals surface area contributed by atoms with Crippen molar-refractivity contribution in [1.82, 2.24) is 30.2 Å². The number of benzene rings is 1. The smallest absolute Gasteiger partial charge is 0.326 e. The van der Waals surface area contributed by atoms with Crippen molar-refractivity contribution in [2.45, 2.75) is 25.4 Å². The molecule has 15 nitrogen and oxygen atoms in total. The minimum atomic E-state index is -1.30. The van der Waals surface area contributed by atoms with Crippen LogP contribution in [-0.2, 0) is 16.1 Å². The Hall–Kier alpha value is -5.60. The van der Waals surface area contributed by atoms with E-state index >= 15 is 0 Å². The molecule has 0 aliphatic heterocycles. The number of carboxylic acids is 2. The molecule has 1 aromatic carbocycles. The SMILES string of the molecule is CN(Cc1cnc2nc(N)nc(N)c2n1)c1ccc(C(=O)N[C@@H](CCC(=O)O)C(=O)O)cc1.Nc1ccncc1. The zero-order valence-electron chi connectivity index (χ0n) is 21.4. The topological polar surface area (TPSA) is 249 Å². The van der Waals surface area contributed by atoms with E-state index in [-0.39, 0.29) is 30.2 Å². The van der Waals surface area contributed by atoms with Gasteiger partial charge in [0.15, 0.2) is 17.0 Å². The Morgan fingerprint density at radius 1 is 0.975 bits per heavy atom. The largest absolute Gasteiger partial charge is 0.481 e. The highest BCUT2D eigenvalue weighted by Gasteiger charge is 2.21. The second-order valence-corrected chi connectivity index (χ2v) is 8.48. The molecule has 0 saturated heterocycles. The quantitative estimate of drug-likeness (QED) is 0.170. The van der Waals surface area contributed by atoms with Gasteiger partial charge in [0.2, 0.25) is 5.95 Å².